The molecule has 6 nitrogen and oxygen atoms in total. The van der Waals surface area contributed by atoms with Gasteiger partial charge in [-0.3, -0.25) is 4.79 Å². The third-order valence-corrected chi connectivity index (χ3v) is 5.10. The molecule has 2 aromatic heterocycles. The van der Waals surface area contributed by atoms with Crippen molar-refractivity contribution < 1.29 is 13.5 Å². The number of rotatable bonds is 4. The molecule has 1 N–H and O–H groups in total. The van der Waals surface area contributed by atoms with E-state index in [0.29, 0.717) is 41.9 Å². The monoisotopic (exact) mass is 374 g/mol. The van der Waals surface area contributed by atoms with Crippen LogP contribution in [-0.2, 0) is 6.42 Å². The van der Waals surface area contributed by atoms with Crippen LogP contribution in [0.2, 0.25) is 0 Å². The van der Waals surface area contributed by atoms with Gasteiger partial charge >= 0.3 is 0 Å². The second kappa shape index (κ2) is 6.75. The summed E-state index contributed by atoms with van der Waals surface area (Å²) in [5, 5.41) is 4.65. The number of nitrogens with zero attached hydrogens (tertiary/aromatic N) is 3. The van der Waals surface area contributed by atoms with Crippen molar-refractivity contribution in [3.05, 3.63) is 52.2 Å². The van der Waals surface area contributed by atoms with E-state index >= 15 is 0 Å². The molecule has 3 aromatic rings. The van der Waals surface area contributed by atoms with Crippen molar-refractivity contribution in [2.24, 2.45) is 0 Å². The molecule has 0 unspecified atom stereocenters. The molecule has 142 valence electrons. The lowest BCUT2D eigenvalue weighted by Crippen LogP contribution is -2.27. The summed E-state index contributed by atoms with van der Waals surface area (Å²) in [4.78, 5) is 19.8. The van der Waals surface area contributed by atoms with E-state index in [1.165, 1.54) is 6.20 Å². The lowest BCUT2D eigenvalue weighted by Gasteiger charge is -2.28. The molecule has 27 heavy (non-hydrogen) atoms. The van der Waals surface area contributed by atoms with Crippen LogP contribution in [0.15, 0.2) is 35.3 Å². The molecule has 0 spiro atoms. The summed E-state index contributed by atoms with van der Waals surface area (Å²) in [6, 6.07) is 7.34. The number of benzene rings is 1. The fraction of sp³-hybridized carbons (Fsp3) is 0.421. The fourth-order valence-electron chi connectivity index (χ4n) is 3.63. The number of alkyl halides is 2. The Balaban J connectivity index is 1.69. The van der Waals surface area contributed by atoms with Crippen LogP contribution in [0.1, 0.15) is 43.1 Å². The smallest absolute Gasteiger partial charge is 0.262 e. The second-order valence-corrected chi connectivity index (χ2v) is 6.91. The maximum Gasteiger partial charge on any atom is 0.262 e. The van der Waals surface area contributed by atoms with Gasteiger partial charge in [-0.25, -0.2) is 18.4 Å². The topological polar surface area (TPSA) is 72.8 Å². The van der Waals surface area contributed by atoms with Gasteiger partial charge in [-0.1, -0.05) is 18.2 Å². The molecule has 0 aliphatic heterocycles. The van der Waals surface area contributed by atoms with Crippen molar-refractivity contribution in [2.75, 3.05) is 7.11 Å². The predicted molar refractivity (Wildman–Crippen MR) is 96.4 cm³/mol. The number of fused-ring (bicyclic) bond motifs is 1. The molecule has 0 atom stereocenters. The highest BCUT2D eigenvalue weighted by atomic mass is 19.3. The van der Waals surface area contributed by atoms with Gasteiger partial charge in [0.05, 0.1) is 19.3 Å². The van der Waals surface area contributed by atoms with Crippen LogP contribution >= 0.6 is 0 Å². The minimum atomic E-state index is -2.61. The fourth-order valence-corrected chi connectivity index (χ4v) is 3.63. The standard InChI is InChI=1S/C19H20F2N4O2/c1-27-15-5-3-2-4-12(15)10-16-23-17-14(18(26)24-16)11-22-25(17)13-6-8-19(20,21)9-7-13/h2-5,11,13H,6-10H2,1H3,(H,23,24,26). The van der Waals surface area contributed by atoms with Crippen molar-refractivity contribution in [1.82, 2.24) is 19.7 Å². The van der Waals surface area contributed by atoms with E-state index in [2.05, 4.69) is 15.1 Å². The summed E-state index contributed by atoms with van der Waals surface area (Å²) in [5.74, 6) is -1.41. The molecule has 0 radical (unpaired) electrons. The van der Waals surface area contributed by atoms with E-state index in [1.54, 1.807) is 11.8 Å². The van der Waals surface area contributed by atoms with Gasteiger partial charge in [0.1, 0.15) is 17.0 Å². The largest absolute Gasteiger partial charge is 0.496 e. The minimum Gasteiger partial charge on any atom is -0.496 e. The summed E-state index contributed by atoms with van der Waals surface area (Å²) in [6.07, 6.45) is 2.15. The van der Waals surface area contributed by atoms with Crippen LogP contribution in [0, 0.1) is 0 Å². The van der Waals surface area contributed by atoms with Crippen molar-refractivity contribution in [2.45, 2.75) is 44.1 Å². The highest BCUT2D eigenvalue weighted by Gasteiger charge is 2.36. The number of hydrogen-bond acceptors (Lipinski definition) is 4. The molecule has 1 fully saturated rings. The van der Waals surface area contributed by atoms with E-state index in [9.17, 15) is 13.6 Å². The maximum atomic E-state index is 13.5. The van der Waals surface area contributed by atoms with Crippen LogP contribution in [0.5, 0.6) is 5.75 Å². The van der Waals surface area contributed by atoms with Crippen LogP contribution in [0.3, 0.4) is 0 Å². The lowest BCUT2D eigenvalue weighted by atomic mass is 9.92. The van der Waals surface area contributed by atoms with E-state index in [-0.39, 0.29) is 24.4 Å². The first-order chi connectivity index (χ1) is 13.0. The Bertz CT molecular complexity index is 1020. The van der Waals surface area contributed by atoms with Gasteiger partial charge in [-0.2, -0.15) is 5.10 Å². The van der Waals surface area contributed by atoms with Crippen molar-refractivity contribution in [1.29, 1.82) is 0 Å². The lowest BCUT2D eigenvalue weighted by molar-refractivity contribution is -0.0446. The van der Waals surface area contributed by atoms with Gasteiger partial charge in [0.15, 0.2) is 5.65 Å². The Kier molecular flexibility index (Phi) is 4.41. The first kappa shape index (κ1) is 17.6. The number of aromatic amines is 1. The Morgan fingerprint density at radius 1 is 1.30 bits per heavy atom. The number of para-hydroxylation sites is 1. The first-order valence-electron chi connectivity index (χ1n) is 8.93. The Morgan fingerprint density at radius 2 is 2.04 bits per heavy atom. The first-order valence-corrected chi connectivity index (χ1v) is 8.93. The molecule has 0 bridgehead atoms. The van der Waals surface area contributed by atoms with E-state index in [4.69, 9.17) is 4.74 Å². The Hall–Kier alpha value is -2.77. The van der Waals surface area contributed by atoms with Gasteiger partial charge in [0.25, 0.3) is 5.56 Å². The second-order valence-electron chi connectivity index (χ2n) is 6.91. The number of H-pyrrole nitrogens is 1. The number of hydrogen-bond donors (Lipinski definition) is 1. The summed E-state index contributed by atoms with van der Waals surface area (Å²) in [6.45, 7) is 0. The molecule has 1 saturated carbocycles. The molecule has 2 heterocycles. The number of ether oxygens (including phenoxy) is 1. The van der Waals surface area contributed by atoms with Gasteiger partial charge < -0.3 is 9.72 Å². The van der Waals surface area contributed by atoms with Gasteiger partial charge in [-0.05, 0) is 18.9 Å². The SMILES string of the molecule is COc1ccccc1Cc1nc2c(cnn2C2CCC(F)(F)CC2)c(=O)[nH]1. The molecule has 1 aliphatic carbocycles. The van der Waals surface area contributed by atoms with Crippen LogP contribution < -0.4 is 10.3 Å². The van der Waals surface area contributed by atoms with Gasteiger partial charge in [-0.15, -0.1) is 0 Å². The summed E-state index contributed by atoms with van der Waals surface area (Å²) in [7, 11) is 1.59. The zero-order valence-corrected chi connectivity index (χ0v) is 14.9. The van der Waals surface area contributed by atoms with Crippen molar-refractivity contribution in [3.63, 3.8) is 0 Å². The zero-order chi connectivity index (χ0) is 19.0. The Morgan fingerprint density at radius 3 is 2.78 bits per heavy atom. The van der Waals surface area contributed by atoms with Gasteiger partial charge in [0, 0.05) is 24.8 Å². The Labute approximate surface area is 154 Å². The van der Waals surface area contributed by atoms with E-state index in [0.717, 1.165) is 5.56 Å². The highest BCUT2D eigenvalue weighted by Crippen LogP contribution is 2.38. The predicted octanol–water partition coefficient (Wildman–Crippen LogP) is 3.47. The van der Waals surface area contributed by atoms with E-state index in [1.807, 2.05) is 24.3 Å². The minimum absolute atomic E-state index is 0.170. The van der Waals surface area contributed by atoms with E-state index < -0.39 is 5.92 Å². The summed E-state index contributed by atoms with van der Waals surface area (Å²) >= 11 is 0. The maximum absolute atomic E-state index is 13.5. The van der Waals surface area contributed by atoms with Crippen LogP contribution in [-0.4, -0.2) is 32.8 Å². The number of aromatic nitrogens is 4. The molecule has 1 aliphatic rings. The normalized spacial score (nSPS) is 17.3. The third-order valence-electron chi connectivity index (χ3n) is 5.10. The van der Waals surface area contributed by atoms with Crippen molar-refractivity contribution >= 4 is 11.0 Å². The molecular formula is C19H20F2N4O2. The molecule has 0 amide bonds. The number of methoxy groups -OCH3 is 1. The summed E-state index contributed by atoms with van der Waals surface area (Å²) < 4.78 is 33.9. The van der Waals surface area contributed by atoms with Crippen LogP contribution in [0.4, 0.5) is 8.78 Å². The molecule has 0 saturated heterocycles. The molecule has 1 aromatic carbocycles. The average Bonchev–Trinajstić information content (AvgIpc) is 3.07. The zero-order valence-electron chi connectivity index (χ0n) is 14.9. The average molecular weight is 374 g/mol. The quantitative estimate of drug-likeness (QED) is 0.759. The van der Waals surface area contributed by atoms with Gasteiger partial charge in [0.2, 0.25) is 5.92 Å². The number of halogens is 2. The summed E-state index contributed by atoms with van der Waals surface area (Å²) in [5.41, 5.74) is 1.06. The number of nitrogens with one attached hydrogen (secondary N) is 1. The van der Waals surface area contributed by atoms with Crippen molar-refractivity contribution in [3.8, 4) is 5.75 Å². The molecule has 4 rings (SSSR count). The molecule has 8 heteroatoms. The highest BCUT2D eigenvalue weighted by molar-refractivity contribution is 5.73. The van der Waals surface area contributed by atoms with Crippen LogP contribution in [0.25, 0.3) is 11.0 Å². The molecular weight excluding hydrogens is 354 g/mol. The third kappa shape index (κ3) is 3.43.